The van der Waals surface area contributed by atoms with Crippen LogP contribution in [-0.2, 0) is 6.61 Å². The molecule has 1 aromatic heterocycles. The number of carbonyl (C=O) groups is 1. The van der Waals surface area contributed by atoms with Gasteiger partial charge in [0.05, 0.1) is 11.7 Å². The number of rotatable bonds is 7. The fourth-order valence-corrected chi connectivity index (χ4v) is 2.90. The Morgan fingerprint density at radius 3 is 2.81 bits per heavy atom. The van der Waals surface area contributed by atoms with E-state index < -0.39 is 0 Å². The van der Waals surface area contributed by atoms with E-state index >= 15 is 0 Å². The van der Waals surface area contributed by atoms with Gasteiger partial charge in [-0.1, -0.05) is 12.1 Å². The fraction of sp³-hybridized carbons (Fsp3) is 0.200. The van der Waals surface area contributed by atoms with Gasteiger partial charge in [0.25, 0.3) is 5.91 Å². The van der Waals surface area contributed by atoms with Crippen LogP contribution in [0, 0.1) is 5.82 Å². The van der Waals surface area contributed by atoms with Gasteiger partial charge in [-0.2, -0.15) is 0 Å². The summed E-state index contributed by atoms with van der Waals surface area (Å²) in [5.74, 6) is 0.286. The average molecular weight is 386 g/mol. The lowest BCUT2D eigenvalue weighted by atomic mass is 10.1. The van der Waals surface area contributed by atoms with Crippen LogP contribution in [0.4, 0.5) is 9.52 Å². The molecule has 0 aliphatic rings. The van der Waals surface area contributed by atoms with Crippen molar-refractivity contribution in [1.82, 2.24) is 4.98 Å². The molecule has 0 fully saturated rings. The zero-order valence-electron chi connectivity index (χ0n) is 14.9. The molecule has 0 spiro atoms. The first kappa shape index (κ1) is 18.8. The van der Waals surface area contributed by atoms with E-state index in [2.05, 4.69) is 10.3 Å². The van der Waals surface area contributed by atoms with Crippen LogP contribution in [0.15, 0.2) is 54.0 Å². The van der Waals surface area contributed by atoms with Crippen LogP contribution in [0.1, 0.15) is 29.8 Å². The second-order valence-corrected chi connectivity index (χ2v) is 6.93. The van der Waals surface area contributed by atoms with Crippen molar-refractivity contribution < 1.29 is 18.7 Å². The highest BCUT2D eigenvalue weighted by Gasteiger charge is 2.16. The van der Waals surface area contributed by atoms with Gasteiger partial charge in [0, 0.05) is 11.6 Å². The minimum atomic E-state index is -0.336. The summed E-state index contributed by atoms with van der Waals surface area (Å²) in [6.45, 7) is 3.96. The predicted octanol–water partition coefficient (Wildman–Crippen LogP) is 4.90. The van der Waals surface area contributed by atoms with Crippen LogP contribution in [0.5, 0.6) is 11.5 Å². The molecule has 0 saturated heterocycles. The Kier molecular flexibility index (Phi) is 6.03. The molecule has 0 saturated carbocycles. The van der Waals surface area contributed by atoms with Crippen molar-refractivity contribution in [3.63, 3.8) is 0 Å². The number of ether oxygens (including phenoxy) is 2. The largest absolute Gasteiger partial charge is 0.490 e. The molecule has 0 atom stereocenters. The van der Waals surface area contributed by atoms with Gasteiger partial charge < -0.3 is 9.47 Å². The van der Waals surface area contributed by atoms with E-state index in [0.717, 1.165) is 0 Å². The highest BCUT2D eigenvalue weighted by atomic mass is 32.1. The lowest BCUT2D eigenvalue weighted by molar-refractivity contribution is 0.102. The molecule has 7 heteroatoms. The van der Waals surface area contributed by atoms with Crippen LogP contribution in [0.3, 0.4) is 0 Å². The molecule has 0 aliphatic heterocycles. The Hall–Kier alpha value is -2.93. The number of aromatic nitrogens is 1. The van der Waals surface area contributed by atoms with Crippen LogP contribution in [-0.4, -0.2) is 17.0 Å². The maximum atomic E-state index is 13.3. The number of hydrogen-bond acceptors (Lipinski definition) is 5. The summed E-state index contributed by atoms with van der Waals surface area (Å²) in [7, 11) is 0. The maximum Gasteiger partial charge on any atom is 0.261 e. The highest BCUT2D eigenvalue weighted by Crippen LogP contribution is 2.27. The Balaban J connectivity index is 1.80. The Morgan fingerprint density at radius 1 is 1.26 bits per heavy atom. The molecule has 140 valence electrons. The van der Waals surface area contributed by atoms with Crippen LogP contribution < -0.4 is 14.8 Å². The van der Waals surface area contributed by atoms with Crippen molar-refractivity contribution in [2.24, 2.45) is 0 Å². The molecule has 0 aliphatic carbocycles. The molecule has 3 rings (SSSR count). The van der Waals surface area contributed by atoms with Crippen LogP contribution in [0.25, 0.3) is 0 Å². The SMILES string of the molecule is CC(C)Oc1ccc(OCc2cccc(F)c2)cc1C(=O)Nc1nccs1. The van der Waals surface area contributed by atoms with E-state index in [1.54, 1.807) is 41.9 Å². The normalized spacial score (nSPS) is 10.7. The van der Waals surface area contributed by atoms with Crippen molar-refractivity contribution in [3.8, 4) is 11.5 Å². The summed E-state index contributed by atoms with van der Waals surface area (Å²) in [6, 6.07) is 11.2. The average Bonchev–Trinajstić information content (AvgIpc) is 3.13. The van der Waals surface area contributed by atoms with Crippen molar-refractivity contribution in [1.29, 1.82) is 0 Å². The van der Waals surface area contributed by atoms with Crippen molar-refractivity contribution in [3.05, 3.63) is 71.0 Å². The second kappa shape index (κ2) is 8.64. The third kappa shape index (κ3) is 5.27. The number of nitrogens with one attached hydrogen (secondary N) is 1. The highest BCUT2D eigenvalue weighted by molar-refractivity contribution is 7.13. The van der Waals surface area contributed by atoms with E-state index in [1.165, 1.54) is 23.5 Å². The lowest BCUT2D eigenvalue weighted by Crippen LogP contribution is -2.16. The Labute approximate surface area is 160 Å². The van der Waals surface area contributed by atoms with Crippen molar-refractivity contribution in [2.45, 2.75) is 26.6 Å². The van der Waals surface area contributed by atoms with Crippen molar-refractivity contribution >= 4 is 22.4 Å². The number of hydrogen-bond donors (Lipinski definition) is 1. The third-order valence-electron chi connectivity index (χ3n) is 3.51. The van der Waals surface area contributed by atoms with E-state index in [9.17, 15) is 9.18 Å². The van der Waals surface area contributed by atoms with Crippen LogP contribution in [0.2, 0.25) is 0 Å². The third-order valence-corrected chi connectivity index (χ3v) is 4.19. The molecule has 0 radical (unpaired) electrons. The number of halogens is 1. The van der Waals surface area contributed by atoms with E-state index in [0.29, 0.717) is 27.8 Å². The van der Waals surface area contributed by atoms with Gasteiger partial charge >= 0.3 is 0 Å². The second-order valence-electron chi connectivity index (χ2n) is 6.03. The van der Waals surface area contributed by atoms with Crippen LogP contribution >= 0.6 is 11.3 Å². The van der Waals surface area contributed by atoms with E-state index in [4.69, 9.17) is 9.47 Å². The number of anilines is 1. The van der Waals surface area contributed by atoms with Gasteiger partial charge in [-0.3, -0.25) is 10.1 Å². The molecule has 3 aromatic rings. The molecule has 0 unspecified atom stereocenters. The molecule has 1 amide bonds. The Bertz CT molecular complexity index is 913. The molecule has 27 heavy (non-hydrogen) atoms. The van der Waals surface area contributed by atoms with Gasteiger partial charge in [-0.25, -0.2) is 9.37 Å². The van der Waals surface area contributed by atoms with Gasteiger partial charge in [0.15, 0.2) is 5.13 Å². The summed E-state index contributed by atoms with van der Waals surface area (Å²) in [6.07, 6.45) is 1.53. The molecular weight excluding hydrogens is 367 g/mol. The van der Waals surface area contributed by atoms with E-state index in [-0.39, 0.29) is 24.4 Å². The summed E-state index contributed by atoms with van der Waals surface area (Å²) < 4.78 is 24.7. The molecule has 5 nitrogen and oxygen atoms in total. The van der Waals surface area contributed by atoms with E-state index in [1.807, 2.05) is 13.8 Å². The molecule has 1 heterocycles. The van der Waals surface area contributed by atoms with Gasteiger partial charge in [0.2, 0.25) is 0 Å². The number of benzene rings is 2. The standard InChI is InChI=1S/C20H19FN2O3S/c1-13(2)26-18-7-6-16(25-12-14-4-3-5-15(21)10-14)11-17(18)19(24)23-20-22-8-9-27-20/h3-11,13H,12H2,1-2H3,(H,22,23,24). The molecule has 0 bridgehead atoms. The van der Waals surface area contributed by atoms with Crippen molar-refractivity contribution in [2.75, 3.05) is 5.32 Å². The monoisotopic (exact) mass is 386 g/mol. The number of amides is 1. The Morgan fingerprint density at radius 2 is 2.11 bits per heavy atom. The zero-order valence-corrected chi connectivity index (χ0v) is 15.8. The van der Waals surface area contributed by atoms with Gasteiger partial charge in [-0.05, 0) is 49.7 Å². The first-order valence-corrected chi connectivity index (χ1v) is 9.28. The first-order chi connectivity index (χ1) is 13.0. The van der Waals surface area contributed by atoms with Gasteiger partial charge in [0.1, 0.15) is 23.9 Å². The summed E-state index contributed by atoms with van der Waals surface area (Å²) in [4.78, 5) is 16.7. The minimum Gasteiger partial charge on any atom is -0.490 e. The molecular formula is C20H19FN2O3S. The molecule has 2 aromatic carbocycles. The quantitative estimate of drug-likeness (QED) is 0.627. The number of nitrogens with zero attached hydrogens (tertiary/aromatic N) is 1. The smallest absolute Gasteiger partial charge is 0.261 e. The minimum absolute atomic E-state index is 0.0875. The number of thiazole rings is 1. The predicted molar refractivity (Wildman–Crippen MR) is 103 cm³/mol. The topological polar surface area (TPSA) is 60.5 Å². The summed E-state index contributed by atoms with van der Waals surface area (Å²) in [5.41, 5.74) is 1.04. The fourth-order valence-electron chi connectivity index (χ4n) is 2.38. The number of carbonyl (C=O) groups excluding carboxylic acids is 1. The zero-order chi connectivity index (χ0) is 19.2. The molecule has 1 N–H and O–H groups in total. The lowest BCUT2D eigenvalue weighted by Gasteiger charge is -2.15. The first-order valence-electron chi connectivity index (χ1n) is 8.40. The maximum absolute atomic E-state index is 13.3. The summed E-state index contributed by atoms with van der Waals surface area (Å²) in [5, 5.41) is 5.02. The summed E-state index contributed by atoms with van der Waals surface area (Å²) >= 11 is 1.33. The van der Waals surface area contributed by atoms with Gasteiger partial charge in [-0.15, -0.1) is 11.3 Å².